The highest BCUT2D eigenvalue weighted by Gasteiger charge is 2.14. The third kappa shape index (κ3) is 1.75. The maximum absolute atomic E-state index is 10.7. The second-order valence-electron chi connectivity index (χ2n) is 2.58. The number of carbonyl (C=O) groups is 1. The van der Waals surface area contributed by atoms with Gasteiger partial charge in [0, 0.05) is 5.56 Å². The number of aromatic carboxylic acids is 1. The first kappa shape index (κ1) is 9.86. The molecule has 0 heterocycles. The molecule has 1 rings (SSSR count). The van der Waals surface area contributed by atoms with E-state index in [2.05, 4.69) is 0 Å². The summed E-state index contributed by atoms with van der Waals surface area (Å²) in [7, 11) is 0. The highest BCUT2D eigenvalue weighted by Crippen LogP contribution is 2.30. The molecular weight excluding hydrogens is 192 g/mol. The molecule has 70 valence electrons. The first-order valence-electron chi connectivity index (χ1n) is 3.81. The molecule has 0 aliphatic rings. The number of halogens is 1. The molecule has 0 aliphatic heterocycles. The monoisotopic (exact) mass is 200 g/mol. The van der Waals surface area contributed by atoms with E-state index < -0.39 is 5.97 Å². The van der Waals surface area contributed by atoms with Gasteiger partial charge in [0.2, 0.25) is 0 Å². The summed E-state index contributed by atoms with van der Waals surface area (Å²) in [6.07, 6.45) is 0.439. The van der Waals surface area contributed by atoms with Crippen molar-refractivity contribution in [2.75, 3.05) is 0 Å². The fourth-order valence-corrected chi connectivity index (χ4v) is 1.34. The molecule has 0 atom stereocenters. The minimum Gasteiger partial charge on any atom is -0.506 e. The summed E-state index contributed by atoms with van der Waals surface area (Å²) in [5.74, 6) is -1.19. The van der Waals surface area contributed by atoms with Gasteiger partial charge in [-0.25, -0.2) is 4.79 Å². The number of carboxylic acids is 1. The largest absolute Gasteiger partial charge is 0.506 e. The molecule has 3 nitrogen and oxygen atoms in total. The Hall–Kier alpha value is -1.22. The lowest BCUT2D eigenvalue weighted by Crippen LogP contribution is -2.01. The molecule has 0 radical (unpaired) electrons. The smallest absolute Gasteiger partial charge is 0.336 e. The topological polar surface area (TPSA) is 57.5 Å². The standard InChI is InChI=1S/C9H9ClO3/c1-2-5-6(9(12)13)3-4-7(10)8(5)11/h3-4,11H,2H2,1H3,(H,12,13). The number of rotatable bonds is 2. The van der Waals surface area contributed by atoms with Gasteiger partial charge in [-0.2, -0.15) is 0 Å². The summed E-state index contributed by atoms with van der Waals surface area (Å²) < 4.78 is 0. The van der Waals surface area contributed by atoms with E-state index in [1.165, 1.54) is 12.1 Å². The Labute approximate surface area is 80.6 Å². The van der Waals surface area contributed by atoms with Gasteiger partial charge in [-0.1, -0.05) is 18.5 Å². The summed E-state index contributed by atoms with van der Waals surface area (Å²) >= 11 is 5.63. The van der Waals surface area contributed by atoms with E-state index in [4.69, 9.17) is 16.7 Å². The molecule has 0 bridgehead atoms. The Morgan fingerprint density at radius 2 is 2.15 bits per heavy atom. The molecule has 0 saturated heterocycles. The lowest BCUT2D eigenvalue weighted by Gasteiger charge is -2.06. The van der Waals surface area contributed by atoms with E-state index >= 15 is 0 Å². The van der Waals surface area contributed by atoms with Crippen molar-refractivity contribution in [1.82, 2.24) is 0 Å². The zero-order chi connectivity index (χ0) is 10.0. The Morgan fingerprint density at radius 3 is 2.62 bits per heavy atom. The Kier molecular flexibility index (Phi) is 2.78. The average Bonchev–Trinajstić information content (AvgIpc) is 2.09. The van der Waals surface area contributed by atoms with Crippen LogP contribution < -0.4 is 0 Å². The van der Waals surface area contributed by atoms with Crippen LogP contribution in [0.15, 0.2) is 12.1 Å². The number of hydrogen-bond donors (Lipinski definition) is 2. The van der Waals surface area contributed by atoms with Crippen LogP contribution in [0.5, 0.6) is 5.75 Å². The van der Waals surface area contributed by atoms with Crippen molar-refractivity contribution in [3.05, 3.63) is 28.3 Å². The Bertz CT molecular complexity index is 347. The predicted octanol–water partition coefficient (Wildman–Crippen LogP) is 2.31. The molecule has 1 aromatic carbocycles. The summed E-state index contributed by atoms with van der Waals surface area (Å²) in [6, 6.07) is 2.77. The van der Waals surface area contributed by atoms with Gasteiger partial charge in [0.15, 0.2) is 0 Å². The summed E-state index contributed by atoms with van der Waals surface area (Å²) in [5.41, 5.74) is 0.476. The van der Waals surface area contributed by atoms with Crippen LogP contribution in [0, 0.1) is 0 Å². The van der Waals surface area contributed by atoms with Crippen molar-refractivity contribution in [1.29, 1.82) is 0 Å². The van der Waals surface area contributed by atoms with Gasteiger partial charge >= 0.3 is 5.97 Å². The molecule has 0 aliphatic carbocycles. The lowest BCUT2D eigenvalue weighted by atomic mass is 10.0. The van der Waals surface area contributed by atoms with Crippen molar-refractivity contribution in [3.8, 4) is 5.75 Å². The van der Waals surface area contributed by atoms with Crippen molar-refractivity contribution in [3.63, 3.8) is 0 Å². The zero-order valence-electron chi connectivity index (χ0n) is 7.04. The van der Waals surface area contributed by atoms with Gasteiger partial charge in [0.05, 0.1) is 10.6 Å². The van der Waals surface area contributed by atoms with Gasteiger partial charge in [0.25, 0.3) is 0 Å². The van der Waals surface area contributed by atoms with Crippen molar-refractivity contribution >= 4 is 17.6 Å². The van der Waals surface area contributed by atoms with E-state index in [0.717, 1.165) is 0 Å². The molecule has 13 heavy (non-hydrogen) atoms. The van der Waals surface area contributed by atoms with Gasteiger partial charge < -0.3 is 10.2 Å². The fraction of sp³-hybridized carbons (Fsp3) is 0.222. The normalized spacial score (nSPS) is 10.0. The van der Waals surface area contributed by atoms with Gasteiger partial charge in [-0.05, 0) is 18.6 Å². The summed E-state index contributed by atoms with van der Waals surface area (Å²) in [5, 5.41) is 18.4. The van der Waals surface area contributed by atoms with Gasteiger partial charge in [-0.3, -0.25) is 0 Å². The second-order valence-corrected chi connectivity index (χ2v) is 2.99. The molecular formula is C9H9ClO3. The van der Waals surface area contributed by atoms with E-state index in [-0.39, 0.29) is 16.3 Å². The van der Waals surface area contributed by atoms with E-state index in [1.54, 1.807) is 6.92 Å². The molecule has 2 N–H and O–H groups in total. The number of carboxylic acid groups (broad SMARTS) is 1. The maximum Gasteiger partial charge on any atom is 0.336 e. The Balaban J connectivity index is 3.38. The van der Waals surface area contributed by atoms with E-state index in [9.17, 15) is 9.90 Å². The Morgan fingerprint density at radius 1 is 1.54 bits per heavy atom. The highest BCUT2D eigenvalue weighted by atomic mass is 35.5. The molecule has 4 heteroatoms. The number of benzene rings is 1. The molecule has 0 unspecified atom stereocenters. The van der Waals surface area contributed by atoms with Crippen LogP contribution in [0.2, 0.25) is 5.02 Å². The molecule has 0 spiro atoms. The number of hydrogen-bond acceptors (Lipinski definition) is 2. The van der Waals surface area contributed by atoms with Crippen LogP contribution in [-0.2, 0) is 6.42 Å². The lowest BCUT2D eigenvalue weighted by molar-refractivity contribution is 0.0695. The van der Waals surface area contributed by atoms with Crippen LogP contribution in [0.25, 0.3) is 0 Å². The van der Waals surface area contributed by atoms with Crippen molar-refractivity contribution in [2.45, 2.75) is 13.3 Å². The average molecular weight is 201 g/mol. The quantitative estimate of drug-likeness (QED) is 0.770. The third-order valence-electron chi connectivity index (χ3n) is 1.82. The maximum atomic E-state index is 10.7. The highest BCUT2D eigenvalue weighted by molar-refractivity contribution is 6.32. The van der Waals surface area contributed by atoms with Crippen LogP contribution in [0.4, 0.5) is 0 Å². The number of phenolic OH excluding ortho intramolecular Hbond substituents is 1. The third-order valence-corrected chi connectivity index (χ3v) is 2.12. The van der Waals surface area contributed by atoms with Crippen molar-refractivity contribution < 1.29 is 15.0 Å². The van der Waals surface area contributed by atoms with Gasteiger partial charge in [-0.15, -0.1) is 0 Å². The number of phenols is 1. The van der Waals surface area contributed by atoms with E-state index in [0.29, 0.717) is 12.0 Å². The minimum atomic E-state index is -1.05. The first-order chi connectivity index (χ1) is 6.07. The first-order valence-corrected chi connectivity index (χ1v) is 4.19. The van der Waals surface area contributed by atoms with Crippen LogP contribution >= 0.6 is 11.6 Å². The van der Waals surface area contributed by atoms with Crippen LogP contribution in [0.3, 0.4) is 0 Å². The number of aromatic hydroxyl groups is 1. The summed E-state index contributed by atoms with van der Waals surface area (Å²) in [6.45, 7) is 1.76. The summed E-state index contributed by atoms with van der Waals surface area (Å²) in [4.78, 5) is 10.7. The van der Waals surface area contributed by atoms with Crippen LogP contribution in [0.1, 0.15) is 22.8 Å². The molecule has 0 fully saturated rings. The minimum absolute atomic E-state index is 0.101. The zero-order valence-corrected chi connectivity index (χ0v) is 7.80. The molecule has 1 aromatic rings. The second kappa shape index (κ2) is 3.66. The van der Waals surface area contributed by atoms with Crippen molar-refractivity contribution in [2.24, 2.45) is 0 Å². The fourth-order valence-electron chi connectivity index (χ4n) is 1.17. The molecule has 0 aromatic heterocycles. The SMILES string of the molecule is CCc1c(C(=O)O)ccc(Cl)c1O. The molecule has 0 amide bonds. The van der Waals surface area contributed by atoms with E-state index in [1.807, 2.05) is 0 Å². The molecule has 0 saturated carbocycles. The predicted molar refractivity (Wildman–Crippen MR) is 49.5 cm³/mol. The van der Waals surface area contributed by atoms with Crippen LogP contribution in [-0.4, -0.2) is 16.2 Å². The van der Waals surface area contributed by atoms with Gasteiger partial charge in [0.1, 0.15) is 5.75 Å².